The van der Waals surface area contributed by atoms with Gasteiger partial charge >= 0.3 is 5.97 Å². The molecular formula is C22H28N2O4. The highest BCUT2D eigenvalue weighted by atomic mass is 16.5. The average Bonchev–Trinajstić information content (AvgIpc) is 3.26. The van der Waals surface area contributed by atoms with E-state index in [9.17, 15) is 14.7 Å². The van der Waals surface area contributed by atoms with Gasteiger partial charge in [0.15, 0.2) is 0 Å². The average molecular weight is 384 g/mol. The number of carbonyl (C=O) groups is 2. The highest BCUT2D eigenvalue weighted by Gasteiger charge is 2.57. The summed E-state index contributed by atoms with van der Waals surface area (Å²) < 4.78 is 5.38. The fourth-order valence-corrected chi connectivity index (χ4v) is 5.41. The zero-order valence-electron chi connectivity index (χ0n) is 16.5. The number of allylic oxidation sites excluding steroid dienone is 2. The molecule has 6 heteroatoms. The van der Waals surface area contributed by atoms with Gasteiger partial charge in [-0.1, -0.05) is 11.1 Å². The van der Waals surface area contributed by atoms with Gasteiger partial charge in [-0.25, -0.2) is 0 Å². The van der Waals surface area contributed by atoms with Crippen LogP contribution in [0.5, 0.6) is 0 Å². The molecule has 150 valence electrons. The third-order valence-electron chi connectivity index (χ3n) is 6.52. The number of rotatable bonds is 4. The molecule has 0 aromatic heterocycles. The topological polar surface area (TPSA) is 78.9 Å². The molecule has 4 rings (SSSR count). The van der Waals surface area contributed by atoms with Crippen molar-refractivity contribution in [1.82, 2.24) is 0 Å². The Morgan fingerprint density at radius 1 is 1.04 bits per heavy atom. The van der Waals surface area contributed by atoms with E-state index in [0.29, 0.717) is 5.69 Å². The van der Waals surface area contributed by atoms with E-state index in [2.05, 4.69) is 10.2 Å². The Labute approximate surface area is 165 Å². The first-order chi connectivity index (χ1) is 13.5. The molecule has 6 nitrogen and oxygen atoms in total. The Kier molecular flexibility index (Phi) is 5.15. The first kappa shape index (κ1) is 19.0. The Morgan fingerprint density at radius 3 is 2.21 bits per heavy atom. The molecule has 1 aromatic carbocycles. The lowest BCUT2D eigenvalue weighted by Crippen LogP contribution is -2.38. The monoisotopic (exact) mass is 384 g/mol. The second-order valence-electron chi connectivity index (χ2n) is 8.27. The van der Waals surface area contributed by atoms with E-state index in [4.69, 9.17) is 4.74 Å². The van der Waals surface area contributed by atoms with Crippen LogP contribution in [0.2, 0.25) is 0 Å². The molecule has 2 N–H and O–H groups in total. The molecule has 1 aromatic rings. The SMILES string of the molecule is CC(C)=C1C2CCC1C(C(=O)Nc1ccc(N3CCOCC3)cc1)C2C(=O)O. The van der Waals surface area contributed by atoms with Crippen molar-refractivity contribution in [1.29, 1.82) is 0 Å². The Bertz CT molecular complexity index is 791. The van der Waals surface area contributed by atoms with Crippen LogP contribution in [-0.2, 0) is 14.3 Å². The van der Waals surface area contributed by atoms with Gasteiger partial charge in [0, 0.05) is 24.5 Å². The van der Waals surface area contributed by atoms with Gasteiger partial charge in [-0.2, -0.15) is 0 Å². The smallest absolute Gasteiger partial charge is 0.307 e. The van der Waals surface area contributed by atoms with Crippen molar-refractivity contribution in [2.75, 3.05) is 36.5 Å². The van der Waals surface area contributed by atoms with E-state index >= 15 is 0 Å². The molecule has 3 fully saturated rings. The highest BCUT2D eigenvalue weighted by molar-refractivity contribution is 5.96. The van der Waals surface area contributed by atoms with Gasteiger partial charge < -0.3 is 20.1 Å². The Hall–Kier alpha value is -2.34. The van der Waals surface area contributed by atoms with Gasteiger partial charge in [-0.3, -0.25) is 9.59 Å². The first-order valence-electron chi connectivity index (χ1n) is 10.1. The molecule has 28 heavy (non-hydrogen) atoms. The predicted molar refractivity (Wildman–Crippen MR) is 107 cm³/mol. The van der Waals surface area contributed by atoms with Crippen molar-refractivity contribution in [3.8, 4) is 0 Å². The molecular weight excluding hydrogens is 356 g/mol. The maximum absolute atomic E-state index is 13.1. The number of nitrogens with one attached hydrogen (secondary N) is 1. The van der Waals surface area contributed by atoms with E-state index in [1.165, 1.54) is 11.1 Å². The van der Waals surface area contributed by atoms with Crippen LogP contribution in [0.3, 0.4) is 0 Å². The number of hydrogen-bond donors (Lipinski definition) is 2. The summed E-state index contributed by atoms with van der Waals surface area (Å²) in [5.41, 5.74) is 4.20. The molecule has 4 atom stereocenters. The number of aliphatic carboxylic acids is 1. The fourth-order valence-electron chi connectivity index (χ4n) is 5.41. The second-order valence-corrected chi connectivity index (χ2v) is 8.27. The van der Waals surface area contributed by atoms with Crippen LogP contribution in [0, 0.1) is 23.7 Å². The molecule has 0 spiro atoms. The van der Waals surface area contributed by atoms with Crippen LogP contribution >= 0.6 is 0 Å². The molecule has 1 saturated heterocycles. The van der Waals surface area contributed by atoms with Crippen LogP contribution in [-0.4, -0.2) is 43.3 Å². The number of anilines is 2. The van der Waals surface area contributed by atoms with E-state index in [1.54, 1.807) is 0 Å². The standard InChI is InChI=1S/C22H28N2O4/c1-13(2)18-16-7-8-17(18)20(22(26)27)19(16)21(25)23-14-3-5-15(6-4-14)24-9-11-28-12-10-24/h3-6,16-17,19-20H,7-12H2,1-2H3,(H,23,25)(H,26,27). The summed E-state index contributed by atoms with van der Waals surface area (Å²) in [5, 5.41) is 12.8. The minimum absolute atomic E-state index is 0.00643. The Morgan fingerprint density at radius 2 is 1.64 bits per heavy atom. The lowest BCUT2D eigenvalue weighted by molar-refractivity contribution is -0.148. The third kappa shape index (κ3) is 3.30. The second kappa shape index (κ2) is 7.59. The van der Waals surface area contributed by atoms with Crippen molar-refractivity contribution in [3.63, 3.8) is 0 Å². The molecule has 1 heterocycles. The molecule has 2 bridgehead atoms. The maximum Gasteiger partial charge on any atom is 0.307 e. The summed E-state index contributed by atoms with van der Waals surface area (Å²) in [6.45, 7) is 7.25. The van der Waals surface area contributed by atoms with E-state index in [1.807, 2.05) is 38.1 Å². The van der Waals surface area contributed by atoms with E-state index in [0.717, 1.165) is 44.8 Å². The summed E-state index contributed by atoms with van der Waals surface area (Å²) in [5.74, 6) is -2.06. The minimum atomic E-state index is -0.853. The molecule has 1 aliphatic heterocycles. The predicted octanol–water partition coefficient (Wildman–Crippen LogP) is 3.15. The van der Waals surface area contributed by atoms with E-state index < -0.39 is 17.8 Å². The van der Waals surface area contributed by atoms with Gasteiger partial charge in [-0.15, -0.1) is 0 Å². The lowest BCUT2D eigenvalue weighted by Gasteiger charge is -2.29. The third-order valence-corrected chi connectivity index (χ3v) is 6.52. The zero-order chi connectivity index (χ0) is 19.8. The number of fused-ring (bicyclic) bond motifs is 2. The number of carbonyl (C=O) groups excluding carboxylic acids is 1. The number of carboxylic acid groups (broad SMARTS) is 1. The zero-order valence-corrected chi connectivity index (χ0v) is 16.5. The molecule has 2 saturated carbocycles. The van der Waals surface area contributed by atoms with Gasteiger partial charge in [0.25, 0.3) is 0 Å². The van der Waals surface area contributed by atoms with Crippen molar-refractivity contribution in [3.05, 3.63) is 35.4 Å². The van der Waals surface area contributed by atoms with Crippen LogP contribution in [0.4, 0.5) is 11.4 Å². The van der Waals surface area contributed by atoms with Gasteiger partial charge in [0.05, 0.1) is 25.0 Å². The van der Waals surface area contributed by atoms with Crippen molar-refractivity contribution < 1.29 is 19.4 Å². The number of hydrogen-bond acceptors (Lipinski definition) is 4. The largest absolute Gasteiger partial charge is 0.481 e. The summed E-state index contributed by atoms with van der Waals surface area (Å²) in [6.07, 6.45) is 1.78. The normalized spacial score (nSPS) is 29.1. The minimum Gasteiger partial charge on any atom is -0.481 e. The highest BCUT2D eigenvalue weighted by Crippen LogP contribution is 2.57. The molecule has 3 aliphatic rings. The fraction of sp³-hybridized carbons (Fsp3) is 0.545. The molecule has 0 radical (unpaired) electrons. The summed E-state index contributed by atoms with van der Waals surface area (Å²) >= 11 is 0. The summed E-state index contributed by atoms with van der Waals surface area (Å²) in [4.78, 5) is 27.2. The quantitative estimate of drug-likeness (QED) is 0.780. The van der Waals surface area contributed by atoms with Crippen molar-refractivity contribution in [2.24, 2.45) is 23.7 Å². The number of ether oxygens (including phenoxy) is 1. The van der Waals surface area contributed by atoms with Crippen molar-refractivity contribution >= 4 is 23.3 Å². The van der Waals surface area contributed by atoms with Crippen LogP contribution < -0.4 is 10.2 Å². The number of nitrogens with zero attached hydrogens (tertiary/aromatic N) is 1. The molecule has 1 amide bonds. The number of amides is 1. The van der Waals surface area contributed by atoms with Gasteiger partial charge in [-0.05, 0) is 62.8 Å². The maximum atomic E-state index is 13.1. The number of carboxylic acids is 1. The first-order valence-corrected chi connectivity index (χ1v) is 10.1. The molecule has 2 aliphatic carbocycles. The van der Waals surface area contributed by atoms with Gasteiger partial charge in [0.2, 0.25) is 5.91 Å². The number of morpholine rings is 1. The van der Waals surface area contributed by atoms with Crippen LogP contribution in [0.25, 0.3) is 0 Å². The van der Waals surface area contributed by atoms with Crippen LogP contribution in [0.15, 0.2) is 35.4 Å². The lowest BCUT2D eigenvalue weighted by atomic mass is 9.78. The van der Waals surface area contributed by atoms with Crippen molar-refractivity contribution in [2.45, 2.75) is 26.7 Å². The summed E-state index contributed by atoms with van der Waals surface area (Å²) in [6, 6.07) is 7.79. The van der Waals surface area contributed by atoms with Gasteiger partial charge in [0.1, 0.15) is 0 Å². The summed E-state index contributed by atoms with van der Waals surface area (Å²) in [7, 11) is 0. The van der Waals surface area contributed by atoms with E-state index in [-0.39, 0.29) is 17.7 Å². The Balaban J connectivity index is 1.50. The number of benzene rings is 1. The van der Waals surface area contributed by atoms with Crippen LogP contribution in [0.1, 0.15) is 26.7 Å². The molecule has 4 unspecified atom stereocenters.